The van der Waals surface area contributed by atoms with E-state index in [1.54, 1.807) is 0 Å². The largest absolute Gasteiger partial charge is 0.338 e. The van der Waals surface area contributed by atoms with Crippen LogP contribution in [0.5, 0.6) is 0 Å². The van der Waals surface area contributed by atoms with Crippen molar-refractivity contribution in [3.8, 4) is 17.1 Å². The van der Waals surface area contributed by atoms with Crippen molar-refractivity contribution in [3.05, 3.63) is 95.3 Å². The Morgan fingerprint density at radius 3 is 2.61 bits per heavy atom. The molecule has 0 aliphatic heterocycles. The minimum atomic E-state index is -0.192. The fourth-order valence-corrected chi connectivity index (χ4v) is 4.58. The Bertz CT molecular complexity index is 1460. The number of carbonyl (C=O) groups is 1. The minimum absolute atomic E-state index is 0.192. The highest BCUT2D eigenvalue weighted by Crippen LogP contribution is 2.31. The second kappa shape index (κ2) is 7.74. The number of aromatic amines is 1. The number of para-hydroxylation sites is 3. The summed E-state index contributed by atoms with van der Waals surface area (Å²) in [5, 5.41) is 7.84. The van der Waals surface area contributed by atoms with Crippen LogP contribution in [0, 0.1) is 6.92 Å². The number of nitrogens with one attached hydrogen (secondary N) is 2. The molecule has 0 spiro atoms. The first-order chi connectivity index (χ1) is 16.2. The first-order valence-corrected chi connectivity index (χ1v) is 11.2. The van der Waals surface area contributed by atoms with Crippen molar-refractivity contribution >= 4 is 22.6 Å². The van der Waals surface area contributed by atoms with E-state index >= 15 is 0 Å². The number of H-pyrrole nitrogens is 1. The molecule has 1 amide bonds. The zero-order chi connectivity index (χ0) is 22.4. The third kappa shape index (κ3) is 3.40. The number of aromatic nitrogens is 4. The van der Waals surface area contributed by atoms with E-state index in [2.05, 4.69) is 41.5 Å². The van der Waals surface area contributed by atoms with Crippen LogP contribution in [0.2, 0.25) is 0 Å². The van der Waals surface area contributed by atoms with Crippen molar-refractivity contribution in [1.29, 1.82) is 0 Å². The molecule has 162 valence electrons. The molecule has 2 heterocycles. The van der Waals surface area contributed by atoms with E-state index in [1.165, 1.54) is 5.56 Å². The van der Waals surface area contributed by atoms with Crippen LogP contribution in [0.25, 0.3) is 28.1 Å². The van der Waals surface area contributed by atoms with E-state index < -0.39 is 0 Å². The highest BCUT2D eigenvalue weighted by Gasteiger charge is 2.27. The monoisotopic (exact) mass is 433 g/mol. The van der Waals surface area contributed by atoms with Gasteiger partial charge in [0.15, 0.2) is 5.69 Å². The van der Waals surface area contributed by atoms with Gasteiger partial charge in [-0.2, -0.15) is 5.10 Å². The van der Waals surface area contributed by atoms with Gasteiger partial charge in [0, 0.05) is 16.8 Å². The van der Waals surface area contributed by atoms with Crippen molar-refractivity contribution in [2.45, 2.75) is 26.2 Å². The zero-order valence-electron chi connectivity index (χ0n) is 18.3. The van der Waals surface area contributed by atoms with Crippen LogP contribution in [0.15, 0.2) is 72.8 Å². The average molecular weight is 434 g/mol. The van der Waals surface area contributed by atoms with Crippen LogP contribution in [0.3, 0.4) is 0 Å². The maximum atomic E-state index is 13.4. The lowest BCUT2D eigenvalue weighted by Crippen LogP contribution is -2.15. The van der Waals surface area contributed by atoms with E-state index in [4.69, 9.17) is 10.1 Å². The molecule has 6 nitrogen and oxygen atoms in total. The van der Waals surface area contributed by atoms with Gasteiger partial charge in [-0.05, 0) is 62.6 Å². The third-order valence-corrected chi connectivity index (χ3v) is 6.24. The topological polar surface area (TPSA) is 75.6 Å². The summed E-state index contributed by atoms with van der Waals surface area (Å²) in [6.07, 6.45) is 2.84. The molecule has 0 unspecified atom stereocenters. The summed E-state index contributed by atoms with van der Waals surface area (Å²) in [6.45, 7) is 2.07. The second-order valence-corrected chi connectivity index (χ2v) is 8.48. The maximum absolute atomic E-state index is 13.4. The molecule has 33 heavy (non-hydrogen) atoms. The lowest BCUT2D eigenvalue weighted by Gasteiger charge is -2.09. The number of carbonyl (C=O) groups excluding carboxylic acids is 1. The van der Waals surface area contributed by atoms with Crippen LogP contribution in [-0.2, 0) is 12.8 Å². The smallest absolute Gasteiger partial charge is 0.276 e. The summed E-state index contributed by atoms with van der Waals surface area (Å²) in [6, 6.07) is 23.9. The number of hydrogen-bond donors (Lipinski definition) is 2. The number of rotatable bonds is 4. The minimum Gasteiger partial charge on any atom is -0.338 e. The number of benzene rings is 3. The summed E-state index contributed by atoms with van der Waals surface area (Å²) in [7, 11) is 0. The Morgan fingerprint density at radius 1 is 0.970 bits per heavy atom. The summed E-state index contributed by atoms with van der Waals surface area (Å²) in [5.41, 5.74) is 8.27. The number of imidazole rings is 1. The lowest BCUT2D eigenvalue weighted by molar-refractivity contribution is 0.102. The Morgan fingerprint density at radius 2 is 1.76 bits per heavy atom. The normalized spacial score (nSPS) is 12.8. The number of aryl methyl sites for hydroxylation is 1. The molecular formula is C27H23N5O. The van der Waals surface area contributed by atoms with Gasteiger partial charge in [-0.3, -0.25) is 4.79 Å². The molecule has 5 aromatic rings. The average Bonchev–Trinajstić information content (AvgIpc) is 3.55. The summed E-state index contributed by atoms with van der Waals surface area (Å²) in [4.78, 5) is 21.5. The maximum Gasteiger partial charge on any atom is 0.276 e. The molecule has 1 aliphatic rings. The van der Waals surface area contributed by atoms with Crippen LogP contribution < -0.4 is 5.32 Å². The van der Waals surface area contributed by atoms with Gasteiger partial charge in [0.2, 0.25) is 0 Å². The van der Waals surface area contributed by atoms with Gasteiger partial charge in [-0.25, -0.2) is 9.67 Å². The lowest BCUT2D eigenvalue weighted by atomic mass is 10.1. The van der Waals surface area contributed by atoms with E-state index in [0.717, 1.165) is 58.6 Å². The summed E-state index contributed by atoms with van der Waals surface area (Å²) >= 11 is 0. The Hall–Kier alpha value is -4.19. The first-order valence-electron chi connectivity index (χ1n) is 11.2. The fraction of sp³-hybridized carbons (Fsp3) is 0.148. The van der Waals surface area contributed by atoms with E-state index in [9.17, 15) is 4.79 Å². The molecule has 0 saturated heterocycles. The number of amides is 1. The summed E-state index contributed by atoms with van der Waals surface area (Å²) in [5.74, 6) is 0.532. The summed E-state index contributed by atoms with van der Waals surface area (Å²) < 4.78 is 1.93. The molecule has 1 aliphatic carbocycles. The van der Waals surface area contributed by atoms with Crippen molar-refractivity contribution in [2.75, 3.05) is 5.32 Å². The van der Waals surface area contributed by atoms with Gasteiger partial charge in [0.05, 0.1) is 22.4 Å². The second-order valence-electron chi connectivity index (χ2n) is 8.48. The molecule has 0 saturated carbocycles. The molecule has 0 radical (unpaired) electrons. The van der Waals surface area contributed by atoms with Gasteiger partial charge in [-0.15, -0.1) is 0 Å². The van der Waals surface area contributed by atoms with Gasteiger partial charge in [0.25, 0.3) is 5.91 Å². The van der Waals surface area contributed by atoms with Gasteiger partial charge < -0.3 is 10.3 Å². The molecule has 0 fully saturated rings. The molecule has 3 aromatic carbocycles. The van der Waals surface area contributed by atoms with Crippen molar-refractivity contribution in [2.24, 2.45) is 0 Å². The predicted octanol–water partition coefficient (Wildman–Crippen LogP) is 5.47. The fourth-order valence-electron chi connectivity index (χ4n) is 4.58. The highest BCUT2D eigenvalue weighted by molar-refractivity contribution is 6.06. The standard InChI is InChI=1S/C27H23N5O/c1-17-13-15-18(16-14-17)32-24-12-6-8-20(24)25(31-32)27(33)30-21-9-3-2-7-19(21)26-28-22-10-4-5-11-23(22)29-26/h2-5,7,9-11,13-16H,6,8,12H2,1H3,(H,28,29)(H,30,33). The van der Waals surface area contributed by atoms with Gasteiger partial charge in [0.1, 0.15) is 5.82 Å². The van der Waals surface area contributed by atoms with E-state index in [0.29, 0.717) is 11.4 Å². The first kappa shape index (κ1) is 19.5. The third-order valence-electron chi connectivity index (χ3n) is 6.24. The predicted molar refractivity (Wildman–Crippen MR) is 130 cm³/mol. The molecule has 6 rings (SSSR count). The molecule has 2 N–H and O–H groups in total. The van der Waals surface area contributed by atoms with E-state index in [-0.39, 0.29) is 5.91 Å². The SMILES string of the molecule is Cc1ccc(-n2nc(C(=O)Nc3ccccc3-c3nc4ccccc4[nH]3)c3c2CCC3)cc1. The number of nitrogens with zero attached hydrogens (tertiary/aromatic N) is 3. The van der Waals surface area contributed by atoms with E-state index in [1.807, 2.05) is 53.2 Å². The highest BCUT2D eigenvalue weighted by atomic mass is 16.2. The zero-order valence-corrected chi connectivity index (χ0v) is 18.3. The Balaban J connectivity index is 1.36. The van der Waals surface area contributed by atoms with Crippen LogP contribution in [-0.4, -0.2) is 25.7 Å². The molecular weight excluding hydrogens is 410 g/mol. The van der Waals surface area contributed by atoms with Crippen LogP contribution >= 0.6 is 0 Å². The van der Waals surface area contributed by atoms with Crippen molar-refractivity contribution in [1.82, 2.24) is 19.7 Å². The molecule has 2 aromatic heterocycles. The van der Waals surface area contributed by atoms with Gasteiger partial charge >= 0.3 is 0 Å². The van der Waals surface area contributed by atoms with Crippen molar-refractivity contribution in [3.63, 3.8) is 0 Å². The Labute approximate surface area is 191 Å². The van der Waals surface area contributed by atoms with Gasteiger partial charge in [-0.1, -0.05) is 42.0 Å². The Kier molecular flexibility index (Phi) is 4.57. The van der Waals surface area contributed by atoms with Crippen molar-refractivity contribution < 1.29 is 4.79 Å². The van der Waals surface area contributed by atoms with Crippen LogP contribution in [0.1, 0.15) is 33.7 Å². The number of hydrogen-bond acceptors (Lipinski definition) is 3. The molecule has 6 heteroatoms. The quantitative estimate of drug-likeness (QED) is 0.395. The molecule has 0 atom stereocenters. The van der Waals surface area contributed by atoms with Crippen LogP contribution in [0.4, 0.5) is 5.69 Å². The number of fused-ring (bicyclic) bond motifs is 2. The number of anilines is 1. The molecule has 0 bridgehead atoms.